The summed E-state index contributed by atoms with van der Waals surface area (Å²) in [6, 6.07) is 1.88. The lowest BCUT2D eigenvalue weighted by atomic mass is 10.2. The van der Waals surface area contributed by atoms with Gasteiger partial charge in [-0.15, -0.1) is 11.3 Å². The molecule has 220 valence electrons. The van der Waals surface area contributed by atoms with E-state index >= 15 is 0 Å². The van der Waals surface area contributed by atoms with Crippen LogP contribution in [0.1, 0.15) is 63.0 Å². The number of amidine groups is 1. The number of thiophene rings is 1. The number of aromatic hydroxyl groups is 1. The molecule has 39 heavy (non-hydrogen) atoms. The standard InChI is InChI=1S/C24H36N4O6S2.C3H8/c1-8-28(9-2)36(31)24-20(29)19(16(6)35-24)26-13-18(21(32-7)23(30)33-10-3)22(25)27-12-17-11-14(4)15(5)34-17;1-3-2/h11,26,29H,8-10,12-13H2,1-7H3,(H2,25,27);3H2,1-2H3/b21-18-;. The molecule has 2 aromatic heterocycles. The minimum atomic E-state index is -1.50. The molecule has 0 bridgehead atoms. The molecule has 1 atom stereocenters. The summed E-state index contributed by atoms with van der Waals surface area (Å²) in [5, 5.41) is 14.0. The van der Waals surface area contributed by atoms with Gasteiger partial charge in [-0.1, -0.05) is 34.1 Å². The van der Waals surface area contributed by atoms with Gasteiger partial charge in [-0.25, -0.2) is 13.3 Å². The van der Waals surface area contributed by atoms with Gasteiger partial charge in [-0.05, 0) is 39.3 Å². The van der Waals surface area contributed by atoms with Crippen LogP contribution >= 0.6 is 11.3 Å². The third kappa shape index (κ3) is 9.40. The Morgan fingerprint density at radius 1 is 1.21 bits per heavy atom. The first-order valence-corrected chi connectivity index (χ1v) is 15.0. The lowest BCUT2D eigenvalue weighted by molar-refractivity contribution is -0.142. The van der Waals surface area contributed by atoms with Crippen molar-refractivity contribution in [2.75, 3.05) is 38.7 Å². The molecule has 2 rings (SSSR count). The van der Waals surface area contributed by atoms with E-state index in [-0.39, 0.29) is 42.6 Å². The minimum absolute atomic E-state index is 0.00396. The van der Waals surface area contributed by atoms with Gasteiger partial charge >= 0.3 is 5.97 Å². The summed E-state index contributed by atoms with van der Waals surface area (Å²) in [6.45, 7) is 16.8. The van der Waals surface area contributed by atoms with Crippen molar-refractivity contribution in [1.82, 2.24) is 4.31 Å². The minimum Gasteiger partial charge on any atom is -0.504 e. The molecule has 0 aliphatic rings. The molecule has 0 saturated heterocycles. The topological polar surface area (TPSA) is 140 Å². The van der Waals surface area contributed by atoms with E-state index in [1.165, 1.54) is 24.9 Å². The second-order valence-corrected chi connectivity index (χ2v) is 11.4. The zero-order valence-electron chi connectivity index (χ0n) is 24.6. The molecule has 0 aliphatic heterocycles. The molecule has 10 nitrogen and oxygen atoms in total. The van der Waals surface area contributed by atoms with Crippen LogP contribution in [0.4, 0.5) is 5.69 Å². The van der Waals surface area contributed by atoms with Crippen molar-refractivity contribution in [2.45, 2.75) is 72.6 Å². The Bertz CT molecular complexity index is 1150. The quantitative estimate of drug-likeness (QED) is 0.0961. The zero-order valence-corrected chi connectivity index (χ0v) is 26.2. The van der Waals surface area contributed by atoms with Gasteiger partial charge in [0.05, 0.1) is 31.5 Å². The first kappa shape index (κ1) is 34.2. The Morgan fingerprint density at radius 3 is 2.31 bits per heavy atom. The Labute approximate surface area is 238 Å². The molecule has 0 radical (unpaired) electrons. The Morgan fingerprint density at radius 2 is 1.82 bits per heavy atom. The van der Waals surface area contributed by atoms with Gasteiger partial charge in [-0.2, -0.15) is 0 Å². The van der Waals surface area contributed by atoms with Crippen molar-refractivity contribution < 1.29 is 28.0 Å². The maximum absolute atomic E-state index is 12.9. The highest BCUT2D eigenvalue weighted by Gasteiger charge is 2.25. The number of methoxy groups -OCH3 is 1. The van der Waals surface area contributed by atoms with E-state index in [2.05, 4.69) is 24.2 Å². The summed E-state index contributed by atoms with van der Waals surface area (Å²) in [4.78, 5) is 17.7. The van der Waals surface area contributed by atoms with Crippen LogP contribution in [0, 0.1) is 20.8 Å². The number of aryl methyl sites for hydroxylation is 3. The molecule has 0 spiro atoms. The lowest BCUT2D eigenvalue weighted by Gasteiger charge is -2.16. The number of hydrogen-bond acceptors (Lipinski definition) is 9. The van der Waals surface area contributed by atoms with E-state index in [0.717, 1.165) is 16.2 Å². The number of ether oxygens (including phenoxy) is 2. The first-order chi connectivity index (χ1) is 18.5. The van der Waals surface area contributed by atoms with Crippen LogP contribution in [0.5, 0.6) is 5.75 Å². The predicted molar refractivity (Wildman–Crippen MR) is 159 cm³/mol. The highest BCUT2D eigenvalue weighted by Crippen LogP contribution is 2.41. The fourth-order valence-electron chi connectivity index (χ4n) is 3.39. The smallest absolute Gasteiger partial charge is 0.374 e. The summed E-state index contributed by atoms with van der Waals surface area (Å²) in [5.74, 6) is 0.588. The van der Waals surface area contributed by atoms with Crippen LogP contribution in [0.2, 0.25) is 0 Å². The first-order valence-electron chi connectivity index (χ1n) is 13.0. The number of carbonyl (C=O) groups is 1. The number of nitrogens with one attached hydrogen (secondary N) is 1. The number of anilines is 1. The van der Waals surface area contributed by atoms with Crippen LogP contribution in [0.15, 0.2) is 31.0 Å². The van der Waals surface area contributed by atoms with Crippen molar-refractivity contribution in [2.24, 2.45) is 10.7 Å². The van der Waals surface area contributed by atoms with Crippen molar-refractivity contribution in [1.29, 1.82) is 0 Å². The number of furan rings is 1. The maximum atomic E-state index is 12.9. The van der Waals surface area contributed by atoms with Crippen molar-refractivity contribution in [3.8, 4) is 5.75 Å². The van der Waals surface area contributed by atoms with E-state index in [1.807, 2.05) is 33.8 Å². The van der Waals surface area contributed by atoms with Crippen LogP contribution in [0.25, 0.3) is 0 Å². The second-order valence-electron chi connectivity index (χ2n) is 8.48. The van der Waals surface area contributed by atoms with Crippen molar-refractivity contribution in [3.63, 3.8) is 0 Å². The Hall–Kier alpha value is -2.83. The van der Waals surface area contributed by atoms with Gasteiger partial charge < -0.3 is 30.0 Å². The normalized spacial score (nSPS) is 12.9. The van der Waals surface area contributed by atoms with Crippen LogP contribution in [-0.4, -0.2) is 58.8 Å². The summed E-state index contributed by atoms with van der Waals surface area (Å²) in [5.41, 5.74) is 7.96. The van der Waals surface area contributed by atoms with Crippen LogP contribution in [0.3, 0.4) is 0 Å². The average Bonchev–Trinajstić information content (AvgIpc) is 3.37. The summed E-state index contributed by atoms with van der Waals surface area (Å²) >= 11 is 1.24. The number of aliphatic imine (C=N–C) groups is 1. The van der Waals surface area contributed by atoms with E-state index in [4.69, 9.17) is 19.6 Å². The van der Waals surface area contributed by atoms with Gasteiger partial charge in [0.1, 0.15) is 28.3 Å². The molecular weight excluding hydrogens is 540 g/mol. The molecule has 1 unspecified atom stereocenters. The third-order valence-corrected chi connectivity index (χ3v) is 8.50. The number of nitrogens with two attached hydrogens (primary N) is 1. The highest BCUT2D eigenvalue weighted by atomic mass is 32.2. The monoisotopic (exact) mass is 584 g/mol. The second kappa shape index (κ2) is 17.0. The molecule has 2 heterocycles. The van der Waals surface area contributed by atoms with E-state index in [9.17, 15) is 14.1 Å². The third-order valence-electron chi connectivity index (χ3n) is 5.44. The fraction of sp³-hybridized carbons (Fsp3) is 0.556. The van der Waals surface area contributed by atoms with Crippen molar-refractivity contribution >= 4 is 39.8 Å². The zero-order chi connectivity index (χ0) is 29.7. The summed E-state index contributed by atoms with van der Waals surface area (Å²) in [6.07, 6.45) is 1.25. The number of rotatable bonds is 13. The van der Waals surface area contributed by atoms with Gasteiger partial charge in [0.25, 0.3) is 0 Å². The fourth-order valence-corrected chi connectivity index (χ4v) is 6.08. The molecule has 0 fully saturated rings. The van der Waals surface area contributed by atoms with Crippen LogP contribution < -0.4 is 11.1 Å². The largest absolute Gasteiger partial charge is 0.504 e. The summed E-state index contributed by atoms with van der Waals surface area (Å²) in [7, 11) is -0.153. The molecular formula is C27H44N4O6S2. The van der Waals surface area contributed by atoms with Gasteiger partial charge in [-0.3, -0.25) is 4.99 Å². The number of carbonyl (C=O) groups excluding carboxylic acids is 1. The molecule has 12 heteroatoms. The maximum Gasteiger partial charge on any atom is 0.374 e. The Kier molecular flexibility index (Phi) is 14.9. The summed E-state index contributed by atoms with van der Waals surface area (Å²) < 4.78 is 31.1. The average molecular weight is 585 g/mol. The Balaban J connectivity index is 0.00000242. The number of hydrogen-bond donors (Lipinski definition) is 3. The SMILES string of the molecule is CCC.CCOC(=O)/C(OC)=C(\CNc1c(C)sc(S(=O)N(CC)CC)c1O)C(N)=NCc1cc(C)c(C)o1. The molecule has 2 aromatic rings. The lowest BCUT2D eigenvalue weighted by Crippen LogP contribution is -2.26. The highest BCUT2D eigenvalue weighted by molar-refractivity contribution is 7.85. The van der Waals surface area contributed by atoms with Gasteiger partial charge in [0.2, 0.25) is 5.76 Å². The molecule has 0 aromatic carbocycles. The molecule has 0 saturated carbocycles. The molecule has 4 N–H and O–H groups in total. The van der Waals surface area contributed by atoms with Crippen LogP contribution in [-0.2, 0) is 31.8 Å². The molecule has 0 amide bonds. The van der Waals surface area contributed by atoms with Crippen molar-refractivity contribution in [3.05, 3.63) is 39.4 Å². The number of esters is 1. The van der Waals surface area contributed by atoms with Gasteiger partial charge in [0, 0.05) is 24.5 Å². The predicted octanol–water partition coefficient (Wildman–Crippen LogP) is 5.19. The van der Waals surface area contributed by atoms with E-state index in [0.29, 0.717) is 28.7 Å². The van der Waals surface area contributed by atoms with Gasteiger partial charge in [0.15, 0.2) is 9.96 Å². The number of nitrogens with zero attached hydrogens (tertiary/aromatic N) is 2. The molecule has 0 aliphatic carbocycles. The van der Waals surface area contributed by atoms with E-state index in [1.54, 1.807) is 18.2 Å². The van der Waals surface area contributed by atoms with E-state index < -0.39 is 17.0 Å².